The topological polar surface area (TPSA) is 108 Å². The minimum atomic E-state index is -4.41. The van der Waals surface area contributed by atoms with E-state index in [1.165, 1.54) is 103 Å². The Morgan fingerprint density at radius 2 is 0.713 bits per heavy atom. The van der Waals surface area contributed by atoms with Crippen LogP contribution in [0.2, 0.25) is 0 Å². The Balaban J connectivity index is 4.02. The fourth-order valence-corrected chi connectivity index (χ4v) is 8.87. The highest BCUT2D eigenvalue weighted by Crippen LogP contribution is 2.43. The number of hydrogen-bond donors (Lipinski definition) is 1. The maximum atomic E-state index is 12.8. The van der Waals surface area contributed by atoms with Gasteiger partial charge in [0, 0.05) is 6.42 Å². The molecule has 0 aromatic carbocycles. The molecule has 0 bridgehead atoms. The number of likely N-dealkylation sites (N-methyl/N-ethyl adjacent to an activating group) is 1. The third kappa shape index (κ3) is 63.1. The summed E-state index contributed by atoms with van der Waals surface area (Å²) in [6.07, 6.45) is 88.4. The van der Waals surface area contributed by atoms with Gasteiger partial charge in [-0.05, 0) is 96.3 Å². The summed E-state index contributed by atoms with van der Waals surface area (Å²) in [7, 11) is 1.42. The zero-order valence-electron chi connectivity index (χ0n) is 51.5. The molecule has 0 aromatic heterocycles. The quantitative estimate of drug-likeness (QED) is 0.0211. The molecule has 80 heavy (non-hydrogen) atoms. The SMILES string of the molecule is CC/C=C\C/C=C\C/C=C\C/C=C\C/C=C\C/C=C\C/C=C\CCCCCCCCCCCCCCCCCCCCCC(=O)OC(COC(=O)C/C=C\C/C=C\C/C=C\C/C=C\C/C=C\CC)COP(=O)(O)OCC[N+](C)(C)C. The van der Waals surface area contributed by atoms with Crippen molar-refractivity contribution >= 4 is 19.8 Å². The molecule has 2 unspecified atom stereocenters. The zero-order chi connectivity index (χ0) is 58.4. The molecule has 0 saturated heterocycles. The molecular formula is C70H117NO8P+. The summed E-state index contributed by atoms with van der Waals surface area (Å²) in [4.78, 5) is 35.6. The van der Waals surface area contributed by atoms with E-state index >= 15 is 0 Å². The number of rotatable bonds is 56. The summed E-state index contributed by atoms with van der Waals surface area (Å²) in [6, 6.07) is 0. The molecule has 2 atom stereocenters. The van der Waals surface area contributed by atoms with Crippen LogP contribution in [0.4, 0.5) is 0 Å². The van der Waals surface area contributed by atoms with Crippen molar-refractivity contribution in [2.75, 3.05) is 47.5 Å². The standard InChI is InChI=1S/C70H116NO8P/c1-6-8-10-12-14-16-18-20-22-23-24-25-26-27-28-29-30-31-32-33-34-35-36-37-38-39-40-41-42-43-44-45-46-47-49-51-53-55-57-59-61-63-70(73)79-68(67-78-80(74,75)77-65-64-71(3,4)5)66-76-69(72)62-60-58-56-54-52-50-48-21-19-17-15-13-11-9-7-2/h8-11,14-17,20-22,24-25,27-28,30-31,33-34,48,52,54,58,60,68H,6-7,12-13,18-19,23,26,29,32,35-47,49-51,53,55-57,59,61-67H2,1-5H3/p+1/b10-8-,11-9-,16-14-,17-15-,22-20-,25-24-,28-27-,31-30-,34-33-,48-21-,54-52-,60-58-. The van der Waals surface area contributed by atoms with Crippen molar-refractivity contribution in [3.63, 3.8) is 0 Å². The van der Waals surface area contributed by atoms with Gasteiger partial charge in [-0.3, -0.25) is 18.6 Å². The first-order chi connectivity index (χ1) is 39.0. The van der Waals surface area contributed by atoms with E-state index in [0.717, 1.165) is 89.9 Å². The molecule has 0 saturated carbocycles. The molecule has 1 N–H and O–H groups in total. The van der Waals surface area contributed by atoms with Gasteiger partial charge in [-0.15, -0.1) is 0 Å². The number of phosphoric acid groups is 1. The molecule has 10 heteroatoms. The summed E-state index contributed by atoms with van der Waals surface area (Å²) in [5.41, 5.74) is 0. The Bertz CT molecular complexity index is 1860. The first kappa shape index (κ1) is 75.9. The van der Waals surface area contributed by atoms with Gasteiger partial charge in [0.2, 0.25) is 0 Å². The van der Waals surface area contributed by atoms with Crippen LogP contribution in [0, 0.1) is 0 Å². The fraction of sp³-hybridized carbons (Fsp3) is 0.629. The van der Waals surface area contributed by atoms with E-state index in [-0.39, 0.29) is 26.1 Å². The number of phosphoric ester groups is 1. The average molecular weight is 1130 g/mol. The van der Waals surface area contributed by atoms with Crippen LogP contribution in [0.3, 0.4) is 0 Å². The van der Waals surface area contributed by atoms with Crippen molar-refractivity contribution in [2.24, 2.45) is 0 Å². The Morgan fingerprint density at radius 3 is 1.06 bits per heavy atom. The fourth-order valence-electron chi connectivity index (χ4n) is 8.13. The van der Waals surface area contributed by atoms with Gasteiger partial charge in [0.15, 0.2) is 6.10 Å². The van der Waals surface area contributed by atoms with Crippen molar-refractivity contribution in [2.45, 2.75) is 238 Å². The normalized spacial score (nSPS) is 14.2. The highest BCUT2D eigenvalue weighted by molar-refractivity contribution is 7.47. The highest BCUT2D eigenvalue weighted by atomic mass is 31.2. The second kappa shape index (κ2) is 59.5. The number of carbonyl (C=O) groups excluding carboxylic acids is 2. The predicted molar refractivity (Wildman–Crippen MR) is 343 cm³/mol. The van der Waals surface area contributed by atoms with Crippen molar-refractivity contribution in [1.29, 1.82) is 0 Å². The van der Waals surface area contributed by atoms with Crippen LogP contribution in [0.25, 0.3) is 0 Å². The van der Waals surface area contributed by atoms with Crippen LogP contribution in [-0.2, 0) is 32.7 Å². The van der Waals surface area contributed by atoms with Gasteiger partial charge in [-0.2, -0.15) is 0 Å². The third-order valence-corrected chi connectivity index (χ3v) is 13.9. The first-order valence-electron chi connectivity index (χ1n) is 31.6. The summed E-state index contributed by atoms with van der Waals surface area (Å²) >= 11 is 0. The van der Waals surface area contributed by atoms with Crippen LogP contribution in [0.15, 0.2) is 146 Å². The molecule has 0 aromatic rings. The number of allylic oxidation sites excluding steroid dienone is 23. The predicted octanol–water partition coefficient (Wildman–Crippen LogP) is 20.3. The van der Waals surface area contributed by atoms with Crippen molar-refractivity contribution in [1.82, 2.24) is 0 Å². The van der Waals surface area contributed by atoms with Crippen LogP contribution in [-0.4, -0.2) is 74.9 Å². The van der Waals surface area contributed by atoms with E-state index in [0.29, 0.717) is 23.9 Å². The van der Waals surface area contributed by atoms with E-state index < -0.39 is 32.5 Å². The molecule has 0 aliphatic heterocycles. The van der Waals surface area contributed by atoms with Crippen molar-refractivity contribution in [3.05, 3.63) is 146 Å². The van der Waals surface area contributed by atoms with Crippen LogP contribution < -0.4 is 0 Å². The largest absolute Gasteiger partial charge is 0.472 e. The van der Waals surface area contributed by atoms with Crippen LogP contribution in [0.1, 0.15) is 232 Å². The molecular weight excluding hydrogens is 1010 g/mol. The molecule has 0 heterocycles. The van der Waals surface area contributed by atoms with E-state index in [2.05, 4.69) is 141 Å². The number of unbranched alkanes of at least 4 members (excludes halogenated alkanes) is 19. The molecule has 0 aliphatic rings. The van der Waals surface area contributed by atoms with Gasteiger partial charge < -0.3 is 18.9 Å². The van der Waals surface area contributed by atoms with Crippen molar-refractivity contribution in [3.8, 4) is 0 Å². The van der Waals surface area contributed by atoms with Gasteiger partial charge in [0.05, 0.1) is 34.2 Å². The van der Waals surface area contributed by atoms with Gasteiger partial charge in [-0.25, -0.2) is 4.57 Å². The summed E-state index contributed by atoms with van der Waals surface area (Å²) in [5.74, 6) is -0.949. The molecule has 0 fully saturated rings. The van der Waals surface area contributed by atoms with Gasteiger partial charge in [0.1, 0.15) is 19.8 Å². The average Bonchev–Trinajstić information content (AvgIpc) is 3.42. The zero-order valence-corrected chi connectivity index (χ0v) is 52.4. The van der Waals surface area contributed by atoms with E-state index in [4.69, 9.17) is 18.5 Å². The maximum Gasteiger partial charge on any atom is 0.472 e. The maximum absolute atomic E-state index is 12.8. The Hall–Kier alpha value is -4.11. The molecule has 0 radical (unpaired) electrons. The minimum absolute atomic E-state index is 0.0128. The molecule has 454 valence electrons. The Kier molecular flexibility index (Phi) is 56.5. The molecule has 0 spiro atoms. The van der Waals surface area contributed by atoms with E-state index in [9.17, 15) is 19.0 Å². The number of esters is 2. The number of quaternary nitrogens is 1. The monoisotopic (exact) mass is 1130 g/mol. The smallest absolute Gasteiger partial charge is 0.461 e. The summed E-state index contributed by atoms with van der Waals surface area (Å²) in [6.45, 7) is 4.08. The summed E-state index contributed by atoms with van der Waals surface area (Å²) < 4.78 is 34.4. The molecule has 0 aliphatic carbocycles. The minimum Gasteiger partial charge on any atom is -0.461 e. The lowest BCUT2D eigenvalue weighted by Crippen LogP contribution is -2.37. The Labute approximate surface area is 491 Å². The third-order valence-electron chi connectivity index (χ3n) is 12.9. The highest BCUT2D eigenvalue weighted by Gasteiger charge is 2.27. The van der Waals surface area contributed by atoms with Gasteiger partial charge in [-0.1, -0.05) is 269 Å². The lowest BCUT2D eigenvalue weighted by Gasteiger charge is -2.24. The van der Waals surface area contributed by atoms with E-state index in [1.807, 2.05) is 33.3 Å². The van der Waals surface area contributed by atoms with Crippen LogP contribution >= 0.6 is 7.82 Å². The van der Waals surface area contributed by atoms with Crippen LogP contribution in [0.5, 0.6) is 0 Å². The van der Waals surface area contributed by atoms with Crippen molar-refractivity contribution < 1.29 is 42.1 Å². The number of carbonyl (C=O) groups is 2. The second-order valence-electron chi connectivity index (χ2n) is 21.7. The number of hydrogen-bond acceptors (Lipinski definition) is 7. The number of ether oxygens (including phenoxy) is 2. The Morgan fingerprint density at radius 1 is 0.400 bits per heavy atom. The first-order valence-corrected chi connectivity index (χ1v) is 33.1. The molecule has 0 rings (SSSR count). The van der Waals surface area contributed by atoms with Gasteiger partial charge in [0.25, 0.3) is 0 Å². The second-order valence-corrected chi connectivity index (χ2v) is 23.2. The van der Waals surface area contributed by atoms with E-state index in [1.54, 1.807) is 6.08 Å². The molecule has 0 amide bonds. The number of nitrogens with zero attached hydrogens (tertiary/aromatic N) is 1. The lowest BCUT2D eigenvalue weighted by atomic mass is 10.0. The summed E-state index contributed by atoms with van der Waals surface area (Å²) in [5, 5.41) is 0. The molecule has 9 nitrogen and oxygen atoms in total. The van der Waals surface area contributed by atoms with Gasteiger partial charge >= 0.3 is 19.8 Å². The lowest BCUT2D eigenvalue weighted by molar-refractivity contribution is -0.870.